The van der Waals surface area contributed by atoms with Gasteiger partial charge >= 0.3 is 0 Å². The van der Waals surface area contributed by atoms with E-state index in [9.17, 15) is 4.79 Å². The quantitative estimate of drug-likeness (QED) is 0.935. The first-order valence-corrected chi connectivity index (χ1v) is 8.38. The molecule has 2 aromatic heterocycles. The molecule has 0 aromatic carbocycles. The number of aryl methyl sites for hydroxylation is 1. The summed E-state index contributed by atoms with van der Waals surface area (Å²) < 4.78 is 5.34. The number of amides is 1. The van der Waals surface area contributed by atoms with E-state index in [1.54, 1.807) is 0 Å². The van der Waals surface area contributed by atoms with Crippen molar-refractivity contribution >= 4 is 17.0 Å². The summed E-state index contributed by atoms with van der Waals surface area (Å²) in [5.74, 6) is 1.10. The summed E-state index contributed by atoms with van der Waals surface area (Å²) in [4.78, 5) is 19.6. The molecular formula is C17H22N4O2. The molecule has 1 amide bonds. The Labute approximate surface area is 135 Å². The summed E-state index contributed by atoms with van der Waals surface area (Å²) in [6.07, 6.45) is 3.35. The molecule has 122 valence electrons. The number of nitrogens with zero attached hydrogens (tertiary/aromatic N) is 3. The third-order valence-electron chi connectivity index (χ3n) is 4.93. The van der Waals surface area contributed by atoms with Crippen LogP contribution in [0, 0.1) is 12.8 Å². The maximum absolute atomic E-state index is 13.1. The molecule has 1 aliphatic heterocycles. The van der Waals surface area contributed by atoms with E-state index >= 15 is 0 Å². The lowest BCUT2D eigenvalue weighted by Gasteiger charge is -2.17. The van der Waals surface area contributed by atoms with Gasteiger partial charge in [0.2, 0.25) is 0 Å². The maximum Gasteiger partial charge on any atom is 0.259 e. The van der Waals surface area contributed by atoms with Crippen LogP contribution in [0.3, 0.4) is 0 Å². The van der Waals surface area contributed by atoms with E-state index in [0.29, 0.717) is 23.1 Å². The lowest BCUT2D eigenvalue weighted by atomic mass is 10.1. The number of pyridine rings is 1. The second kappa shape index (κ2) is 5.60. The highest BCUT2D eigenvalue weighted by Gasteiger charge is 2.32. The maximum atomic E-state index is 13.1. The molecule has 6 nitrogen and oxygen atoms in total. The van der Waals surface area contributed by atoms with Gasteiger partial charge in [-0.1, -0.05) is 5.16 Å². The fourth-order valence-electron chi connectivity index (χ4n) is 3.51. The van der Waals surface area contributed by atoms with E-state index < -0.39 is 0 Å². The van der Waals surface area contributed by atoms with Crippen LogP contribution in [0.4, 0.5) is 0 Å². The fourth-order valence-corrected chi connectivity index (χ4v) is 3.51. The summed E-state index contributed by atoms with van der Waals surface area (Å²) in [5, 5.41) is 7.99. The molecule has 0 radical (unpaired) electrons. The van der Waals surface area contributed by atoms with Crippen LogP contribution in [-0.2, 0) is 0 Å². The number of nitrogens with one attached hydrogen (secondary N) is 1. The molecule has 1 saturated heterocycles. The Bertz CT molecular complexity index is 750. The minimum atomic E-state index is 0.0872. The van der Waals surface area contributed by atoms with Gasteiger partial charge < -0.3 is 14.7 Å². The van der Waals surface area contributed by atoms with E-state index in [2.05, 4.69) is 15.5 Å². The number of aromatic nitrogens is 2. The first-order valence-electron chi connectivity index (χ1n) is 8.38. The van der Waals surface area contributed by atoms with E-state index in [-0.39, 0.29) is 5.91 Å². The number of hydrogen-bond acceptors (Lipinski definition) is 5. The molecule has 6 heteroatoms. The van der Waals surface area contributed by atoms with Gasteiger partial charge in [-0.2, -0.15) is 0 Å². The van der Waals surface area contributed by atoms with E-state index in [1.807, 2.05) is 24.9 Å². The molecule has 1 N–H and O–H groups in total. The topological polar surface area (TPSA) is 71.3 Å². The summed E-state index contributed by atoms with van der Waals surface area (Å²) in [6.45, 7) is 4.45. The van der Waals surface area contributed by atoms with Crippen molar-refractivity contribution in [2.75, 3.05) is 26.7 Å². The monoisotopic (exact) mass is 314 g/mol. The predicted molar refractivity (Wildman–Crippen MR) is 86.5 cm³/mol. The zero-order chi connectivity index (χ0) is 16.0. The molecule has 2 fully saturated rings. The standard InChI is InChI=1S/C17H22N4O2/c1-10-15-13(17(22)21-6-5-11(9-21)8-18-2)7-14(12-3-4-12)19-16(15)23-20-10/h7,11-12,18H,3-6,8-9H2,1-2H3. The highest BCUT2D eigenvalue weighted by atomic mass is 16.5. The first kappa shape index (κ1) is 14.6. The van der Waals surface area contributed by atoms with Crippen molar-refractivity contribution in [3.8, 4) is 0 Å². The summed E-state index contributed by atoms with van der Waals surface area (Å²) in [6, 6.07) is 1.97. The Hall–Kier alpha value is -1.95. The first-order chi connectivity index (χ1) is 11.2. The third kappa shape index (κ3) is 2.61. The highest BCUT2D eigenvalue weighted by molar-refractivity contribution is 6.06. The predicted octanol–water partition coefficient (Wildman–Crippen LogP) is 2.09. The summed E-state index contributed by atoms with van der Waals surface area (Å²) in [7, 11) is 1.96. The van der Waals surface area contributed by atoms with Gasteiger partial charge in [-0.15, -0.1) is 0 Å². The van der Waals surface area contributed by atoms with Gasteiger partial charge in [-0.25, -0.2) is 4.98 Å². The average molecular weight is 314 g/mol. The fraction of sp³-hybridized carbons (Fsp3) is 0.588. The Morgan fingerprint density at radius 3 is 3.00 bits per heavy atom. The molecule has 3 heterocycles. The van der Waals surface area contributed by atoms with Crippen molar-refractivity contribution in [1.82, 2.24) is 20.4 Å². The molecule has 1 aliphatic carbocycles. The molecule has 0 bridgehead atoms. The Kier molecular flexibility index (Phi) is 3.56. The molecule has 1 unspecified atom stereocenters. The van der Waals surface area contributed by atoms with Crippen LogP contribution in [0.15, 0.2) is 10.6 Å². The highest BCUT2D eigenvalue weighted by Crippen LogP contribution is 2.40. The number of fused-ring (bicyclic) bond motifs is 1. The molecular weight excluding hydrogens is 292 g/mol. The molecule has 2 aromatic rings. The normalized spacial score (nSPS) is 21.3. The largest absolute Gasteiger partial charge is 0.338 e. The Morgan fingerprint density at radius 2 is 2.26 bits per heavy atom. The smallest absolute Gasteiger partial charge is 0.259 e. The second-order valence-corrected chi connectivity index (χ2v) is 6.78. The van der Waals surface area contributed by atoms with Crippen molar-refractivity contribution in [1.29, 1.82) is 0 Å². The van der Waals surface area contributed by atoms with Gasteiger partial charge in [0.15, 0.2) is 0 Å². The summed E-state index contributed by atoms with van der Waals surface area (Å²) >= 11 is 0. The van der Waals surface area contributed by atoms with Gasteiger partial charge in [0.1, 0.15) is 0 Å². The lowest BCUT2D eigenvalue weighted by Crippen LogP contribution is -2.30. The SMILES string of the molecule is CNCC1CCN(C(=O)c2cc(C3CC3)nc3onc(C)c23)C1. The number of likely N-dealkylation sites (tertiary alicyclic amines) is 1. The molecule has 0 spiro atoms. The zero-order valence-corrected chi connectivity index (χ0v) is 13.6. The number of carbonyl (C=O) groups is 1. The van der Waals surface area contributed by atoms with Crippen molar-refractivity contribution in [2.45, 2.75) is 32.1 Å². The van der Waals surface area contributed by atoms with E-state index in [4.69, 9.17) is 4.52 Å². The van der Waals surface area contributed by atoms with Gasteiger partial charge in [0.25, 0.3) is 11.6 Å². The average Bonchev–Trinajstić information content (AvgIpc) is 3.20. The van der Waals surface area contributed by atoms with Crippen LogP contribution < -0.4 is 5.32 Å². The van der Waals surface area contributed by atoms with Crippen LogP contribution in [-0.4, -0.2) is 47.6 Å². The molecule has 1 saturated carbocycles. The van der Waals surface area contributed by atoms with Crippen LogP contribution >= 0.6 is 0 Å². The zero-order valence-electron chi connectivity index (χ0n) is 13.6. The van der Waals surface area contributed by atoms with Crippen LogP contribution in [0.5, 0.6) is 0 Å². The van der Waals surface area contributed by atoms with Crippen LogP contribution in [0.2, 0.25) is 0 Å². The summed E-state index contributed by atoms with van der Waals surface area (Å²) in [5.41, 5.74) is 2.93. The third-order valence-corrected chi connectivity index (χ3v) is 4.93. The van der Waals surface area contributed by atoms with Crippen LogP contribution in [0.25, 0.3) is 11.1 Å². The molecule has 23 heavy (non-hydrogen) atoms. The van der Waals surface area contributed by atoms with Crippen molar-refractivity contribution < 1.29 is 9.32 Å². The second-order valence-electron chi connectivity index (χ2n) is 6.78. The van der Waals surface area contributed by atoms with Gasteiger partial charge in [0, 0.05) is 24.7 Å². The van der Waals surface area contributed by atoms with Crippen molar-refractivity contribution in [3.05, 3.63) is 23.0 Å². The lowest BCUT2D eigenvalue weighted by molar-refractivity contribution is 0.0789. The van der Waals surface area contributed by atoms with E-state index in [1.165, 1.54) is 0 Å². The van der Waals surface area contributed by atoms with Gasteiger partial charge in [-0.3, -0.25) is 4.79 Å². The van der Waals surface area contributed by atoms with Crippen LogP contribution in [0.1, 0.15) is 46.9 Å². The van der Waals surface area contributed by atoms with Gasteiger partial charge in [0.05, 0.1) is 16.6 Å². The Balaban J connectivity index is 1.69. The molecule has 2 aliphatic rings. The number of hydrogen-bond donors (Lipinski definition) is 1. The Morgan fingerprint density at radius 1 is 1.43 bits per heavy atom. The van der Waals surface area contributed by atoms with Crippen molar-refractivity contribution in [2.24, 2.45) is 5.92 Å². The van der Waals surface area contributed by atoms with E-state index in [0.717, 1.165) is 55.7 Å². The molecule has 1 atom stereocenters. The molecule has 4 rings (SSSR count). The minimum Gasteiger partial charge on any atom is -0.338 e. The number of carbonyl (C=O) groups excluding carboxylic acids is 1. The minimum absolute atomic E-state index is 0.0872. The van der Waals surface area contributed by atoms with Crippen molar-refractivity contribution in [3.63, 3.8) is 0 Å². The van der Waals surface area contributed by atoms with Gasteiger partial charge in [-0.05, 0) is 51.8 Å². The number of rotatable bonds is 4.